The number of nitrogens with one attached hydrogen (secondary N) is 1. The highest BCUT2D eigenvalue weighted by Gasteiger charge is 2.08. The standard InChI is InChI=1S/C13H20ClNO/c1-13(2,3)10-15-8-9-16-12-7-5-4-6-11(12)14/h4-7,15H,8-10H2,1-3H3. The van der Waals surface area contributed by atoms with Gasteiger partial charge in [0.1, 0.15) is 12.4 Å². The first-order valence-electron chi connectivity index (χ1n) is 5.57. The minimum Gasteiger partial charge on any atom is -0.491 e. The minimum atomic E-state index is 0.310. The number of rotatable bonds is 5. The van der Waals surface area contributed by atoms with Crippen molar-refractivity contribution in [1.82, 2.24) is 5.32 Å². The maximum Gasteiger partial charge on any atom is 0.137 e. The lowest BCUT2D eigenvalue weighted by atomic mass is 9.97. The van der Waals surface area contributed by atoms with Crippen molar-refractivity contribution in [2.24, 2.45) is 5.41 Å². The summed E-state index contributed by atoms with van der Waals surface area (Å²) >= 11 is 5.96. The molecule has 0 aliphatic carbocycles. The second-order valence-corrected chi connectivity index (χ2v) is 5.42. The summed E-state index contributed by atoms with van der Waals surface area (Å²) in [4.78, 5) is 0. The molecule has 0 aliphatic heterocycles. The van der Waals surface area contributed by atoms with Crippen LogP contribution in [-0.2, 0) is 0 Å². The van der Waals surface area contributed by atoms with Crippen LogP contribution >= 0.6 is 11.6 Å². The average molecular weight is 242 g/mol. The topological polar surface area (TPSA) is 21.3 Å². The van der Waals surface area contributed by atoms with Gasteiger partial charge in [0, 0.05) is 13.1 Å². The second-order valence-electron chi connectivity index (χ2n) is 5.02. The number of ether oxygens (including phenoxy) is 1. The Morgan fingerprint density at radius 2 is 1.94 bits per heavy atom. The van der Waals surface area contributed by atoms with Crippen LogP contribution in [0.5, 0.6) is 5.75 Å². The third kappa shape index (κ3) is 5.38. The minimum absolute atomic E-state index is 0.310. The molecule has 1 aromatic rings. The summed E-state index contributed by atoms with van der Waals surface area (Å²) < 4.78 is 5.56. The average Bonchev–Trinajstić information content (AvgIpc) is 2.18. The smallest absolute Gasteiger partial charge is 0.137 e. The Morgan fingerprint density at radius 3 is 2.56 bits per heavy atom. The molecule has 1 aromatic carbocycles. The Labute approximate surface area is 103 Å². The van der Waals surface area contributed by atoms with E-state index in [-0.39, 0.29) is 0 Å². The van der Waals surface area contributed by atoms with Gasteiger partial charge >= 0.3 is 0 Å². The van der Waals surface area contributed by atoms with Crippen LogP contribution in [0.15, 0.2) is 24.3 Å². The van der Waals surface area contributed by atoms with Crippen molar-refractivity contribution in [3.8, 4) is 5.75 Å². The van der Waals surface area contributed by atoms with E-state index in [0.717, 1.165) is 18.8 Å². The molecule has 2 nitrogen and oxygen atoms in total. The summed E-state index contributed by atoms with van der Waals surface area (Å²) in [7, 11) is 0. The van der Waals surface area contributed by atoms with Gasteiger partial charge in [0.2, 0.25) is 0 Å². The van der Waals surface area contributed by atoms with Crippen molar-refractivity contribution in [2.45, 2.75) is 20.8 Å². The van der Waals surface area contributed by atoms with Crippen LogP contribution in [-0.4, -0.2) is 19.7 Å². The first kappa shape index (κ1) is 13.3. The van der Waals surface area contributed by atoms with Gasteiger partial charge in [-0.05, 0) is 17.5 Å². The van der Waals surface area contributed by atoms with Crippen molar-refractivity contribution in [3.63, 3.8) is 0 Å². The molecule has 16 heavy (non-hydrogen) atoms. The monoisotopic (exact) mass is 241 g/mol. The van der Waals surface area contributed by atoms with Crippen molar-refractivity contribution < 1.29 is 4.74 Å². The zero-order valence-corrected chi connectivity index (χ0v) is 11.0. The molecule has 90 valence electrons. The van der Waals surface area contributed by atoms with Crippen LogP contribution in [0, 0.1) is 5.41 Å². The Kier molecular flexibility index (Phi) is 5.10. The summed E-state index contributed by atoms with van der Waals surface area (Å²) in [5, 5.41) is 4.01. The molecule has 0 aromatic heterocycles. The van der Waals surface area contributed by atoms with Crippen molar-refractivity contribution in [2.75, 3.05) is 19.7 Å². The van der Waals surface area contributed by atoms with E-state index in [1.54, 1.807) is 0 Å². The molecule has 3 heteroatoms. The fourth-order valence-corrected chi connectivity index (χ4v) is 1.45. The largest absolute Gasteiger partial charge is 0.491 e. The molecule has 0 aliphatic rings. The van der Waals surface area contributed by atoms with E-state index in [0.29, 0.717) is 17.0 Å². The van der Waals surface area contributed by atoms with Crippen LogP contribution in [0.4, 0.5) is 0 Å². The molecule has 0 fully saturated rings. The van der Waals surface area contributed by atoms with Gasteiger partial charge in [0.05, 0.1) is 5.02 Å². The lowest BCUT2D eigenvalue weighted by Gasteiger charge is -2.18. The molecule has 0 unspecified atom stereocenters. The fourth-order valence-electron chi connectivity index (χ4n) is 1.26. The molecule has 0 bridgehead atoms. The van der Waals surface area contributed by atoms with E-state index < -0.39 is 0 Å². The highest BCUT2D eigenvalue weighted by atomic mass is 35.5. The molecule has 1 N–H and O–H groups in total. The van der Waals surface area contributed by atoms with E-state index in [9.17, 15) is 0 Å². The molecule has 0 spiro atoms. The Hall–Kier alpha value is -0.730. The summed E-state index contributed by atoms with van der Waals surface area (Å²) in [6.07, 6.45) is 0. The lowest BCUT2D eigenvalue weighted by molar-refractivity contribution is 0.297. The van der Waals surface area contributed by atoms with Gasteiger partial charge in [-0.2, -0.15) is 0 Å². The molecule has 1 rings (SSSR count). The molecule has 0 saturated carbocycles. The predicted molar refractivity (Wildman–Crippen MR) is 69.3 cm³/mol. The van der Waals surface area contributed by atoms with Crippen LogP contribution in [0.2, 0.25) is 5.02 Å². The predicted octanol–water partition coefficient (Wildman–Crippen LogP) is 3.35. The van der Waals surface area contributed by atoms with Gasteiger partial charge in [-0.1, -0.05) is 44.5 Å². The van der Waals surface area contributed by atoms with E-state index >= 15 is 0 Å². The summed E-state index contributed by atoms with van der Waals surface area (Å²) in [6, 6.07) is 7.53. The van der Waals surface area contributed by atoms with E-state index in [1.807, 2.05) is 24.3 Å². The lowest BCUT2D eigenvalue weighted by Crippen LogP contribution is -2.30. The van der Waals surface area contributed by atoms with Crippen LogP contribution in [0.3, 0.4) is 0 Å². The molecule has 0 atom stereocenters. The number of benzene rings is 1. The normalized spacial score (nSPS) is 11.5. The van der Waals surface area contributed by atoms with Crippen molar-refractivity contribution >= 4 is 11.6 Å². The summed E-state index contributed by atoms with van der Waals surface area (Å²) in [5.74, 6) is 0.752. The number of hydrogen-bond acceptors (Lipinski definition) is 2. The molecule has 0 heterocycles. The molecule has 0 radical (unpaired) electrons. The summed E-state index contributed by atoms with van der Waals surface area (Å²) in [5.41, 5.74) is 0.310. The zero-order chi connectivity index (χ0) is 12.0. The van der Waals surface area contributed by atoms with E-state index in [4.69, 9.17) is 16.3 Å². The third-order valence-corrected chi connectivity index (χ3v) is 2.34. The number of halogens is 1. The third-order valence-electron chi connectivity index (χ3n) is 2.03. The van der Waals surface area contributed by atoms with Crippen molar-refractivity contribution in [1.29, 1.82) is 0 Å². The Balaban J connectivity index is 2.19. The SMILES string of the molecule is CC(C)(C)CNCCOc1ccccc1Cl. The molecule has 0 saturated heterocycles. The highest BCUT2D eigenvalue weighted by Crippen LogP contribution is 2.22. The van der Waals surface area contributed by atoms with Gasteiger partial charge in [-0.25, -0.2) is 0 Å². The maximum absolute atomic E-state index is 5.96. The van der Waals surface area contributed by atoms with E-state index in [1.165, 1.54) is 0 Å². The molecular formula is C13H20ClNO. The zero-order valence-electron chi connectivity index (χ0n) is 10.2. The maximum atomic E-state index is 5.96. The van der Waals surface area contributed by atoms with Crippen LogP contribution < -0.4 is 10.1 Å². The Bertz CT molecular complexity index is 320. The number of para-hydroxylation sites is 1. The quantitative estimate of drug-likeness (QED) is 0.799. The first-order valence-corrected chi connectivity index (χ1v) is 5.95. The van der Waals surface area contributed by atoms with Gasteiger partial charge < -0.3 is 10.1 Å². The molecule has 0 amide bonds. The Morgan fingerprint density at radius 1 is 1.25 bits per heavy atom. The number of hydrogen-bond donors (Lipinski definition) is 1. The summed E-state index contributed by atoms with van der Waals surface area (Å²) in [6.45, 7) is 9.07. The first-order chi connectivity index (χ1) is 7.49. The van der Waals surface area contributed by atoms with Crippen molar-refractivity contribution in [3.05, 3.63) is 29.3 Å². The fraction of sp³-hybridized carbons (Fsp3) is 0.538. The van der Waals surface area contributed by atoms with Gasteiger partial charge in [-0.3, -0.25) is 0 Å². The van der Waals surface area contributed by atoms with E-state index in [2.05, 4.69) is 26.1 Å². The second kappa shape index (κ2) is 6.12. The van der Waals surface area contributed by atoms with Gasteiger partial charge in [0.15, 0.2) is 0 Å². The molecular weight excluding hydrogens is 222 g/mol. The van der Waals surface area contributed by atoms with Gasteiger partial charge in [0.25, 0.3) is 0 Å². The van der Waals surface area contributed by atoms with Crippen LogP contribution in [0.1, 0.15) is 20.8 Å². The van der Waals surface area contributed by atoms with Gasteiger partial charge in [-0.15, -0.1) is 0 Å². The highest BCUT2D eigenvalue weighted by molar-refractivity contribution is 6.32. The van der Waals surface area contributed by atoms with Crippen LogP contribution in [0.25, 0.3) is 0 Å².